The lowest BCUT2D eigenvalue weighted by molar-refractivity contribution is 0.0722. The number of hydrogen-bond donors (Lipinski definition) is 1. The van der Waals surface area contributed by atoms with Crippen LogP contribution in [0.1, 0.15) is 59.6 Å². The Balaban J connectivity index is 1.85. The number of aryl methyl sites for hydroxylation is 2. The second-order valence-corrected chi connectivity index (χ2v) is 8.08. The van der Waals surface area contributed by atoms with Crippen molar-refractivity contribution in [2.24, 2.45) is 5.92 Å². The number of H-pyrrole nitrogens is 1. The molecule has 0 fully saturated rings. The third-order valence-electron chi connectivity index (χ3n) is 5.45. The lowest BCUT2D eigenvalue weighted by Gasteiger charge is -2.28. The van der Waals surface area contributed by atoms with E-state index in [1.165, 1.54) is 11.1 Å². The van der Waals surface area contributed by atoms with Gasteiger partial charge in [0.05, 0.1) is 11.7 Å². The van der Waals surface area contributed by atoms with Crippen LogP contribution in [0.15, 0.2) is 48.5 Å². The standard InChI is InChI=1S/C24H27N3O/c1-5-17-8-12-19(13-9-17)23-20-21(18-10-6-16(4)7-11-18)25-26-22(20)24(28)27(23)14-15(2)3/h6-13,15,23H,5,14H2,1-4H3,(H,25,26). The summed E-state index contributed by atoms with van der Waals surface area (Å²) in [6.07, 6.45) is 1.01. The minimum Gasteiger partial charge on any atom is -0.326 e. The molecule has 1 aromatic heterocycles. The highest BCUT2D eigenvalue weighted by atomic mass is 16.2. The molecule has 1 N–H and O–H groups in total. The molecule has 4 nitrogen and oxygen atoms in total. The summed E-state index contributed by atoms with van der Waals surface area (Å²) in [5.74, 6) is 0.431. The third kappa shape index (κ3) is 3.13. The van der Waals surface area contributed by atoms with Crippen LogP contribution in [0.4, 0.5) is 0 Å². The van der Waals surface area contributed by atoms with Crippen molar-refractivity contribution in [3.8, 4) is 11.3 Å². The van der Waals surface area contributed by atoms with Crippen molar-refractivity contribution in [1.82, 2.24) is 15.1 Å². The lowest BCUT2D eigenvalue weighted by Crippen LogP contribution is -2.32. The minimum atomic E-state index is -0.106. The van der Waals surface area contributed by atoms with E-state index in [0.717, 1.165) is 35.3 Å². The van der Waals surface area contributed by atoms with Crippen molar-refractivity contribution in [3.05, 3.63) is 76.5 Å². The van der Waals surface area contributed by atoms with Crippen molar-refractivity contribution in [2.45, 2.75) is 40.2 Å². The Morgan fingerprint density at radius 2 is 1.75 bits per heavy atom. The maximum atomic E-state index is 13.2. The van der Waals surface area contributed by atoms with E-state index in [1.54, 1.807) is 0 Å². The number of carbonyl (C=O) groups is 1. The normalized spacial score (nSPS) is 16.1. The van der Waals surface area contributed by atoms with Gasteiger partial charge in [-0.05, 0) is 30.4 Å². The van der Waals surface area contributed by atoms with Gasteiger partial charge in [0.1, 0.15) is 5.69 Å². The molecule has 4 heteroatoms. The summed E-state index contributed by atoms with van der Waals surface area (Å²) in [5, 5.41) is 7.57. The van der Waals surface area contributed by atoms with Crippen molar-refractivity contribution in [1.29, 1.82) is 0 Å². The van der Waals surface area contributed by atoms with Gasteiger partial charge in [0, 0.05) is 17.7 Å². The van der Waals surface area contributed by atoms with Gasteiger partial charge in [-0.15, -0.1) is 0 Å². The fourth-order valence-electron chi connectivity index (χ4n) is 3.99. The number of rotatable bonds is 5. The lowest BCUT2D eigenvalue weighted by atomic mass is 9.94. The van der Waals surface area contributed by atoms with Gasteiger partial charge in [-0.25, -0.2) is 0 Å². The number of nitrogens with one attached hydrogen (secondary N) is 1. The maximum absolute atomic E-state index is 13.2. The largest absolute Gasteiger partial charge is 0.326 e. The van der Waals surface area contributed by atoms with Gasteiger partial charge in [0.15, 0.2) is 0 Å². The van der Waals surface area contributed by atoms with Gasteiger partial charge in [0.2, 0.25) is 0 Å². The van der Waals surface area contributed by atoms with E-state index in [1.807, 2.05) is 4.90 Å². The SMILES string of the molecule is CCc1ccc(C2c3c(-c4ccc(C)cc4)n[nH]c3C(=O)N2CC(C)C)cc1. The number of amides is 1. The Hall–Kier alpha value is -2.88. The van der Waals surface area contributed by atoms with Crippen molar-refractivity contribution in [3.63, 3.8) is 0 Å². The fourth-order valence-corrected chi connectivity index (χ4v) is 3.99. The van der Waals surface area contributed by atoms with Crippen LogP contribution in [0.3, 0.4) is 0 Å². The number of hydrogen-bond acceptors (Lipinski definition) is 2. The van der Waals surface area contributed by atoms with E-state index in [-0.39, 0.29) is 11.9 Å². The molecule has 0 saturated heterocycles. The number of benzene rings is 2. The molecule has 3 aromatic rings. The molecule has 28 heavy (non-hydrogen) atoms. The molecule has 1 atom stereocenters. The first-order valence-electron chi connectivity index (χ1n) is 10.0. The highest BCUT2D eigenvalue weighted by molar-refractivity contribution is 6.00. The van der Waals surface area contributed by atoms with Crippen LogP contribution in [-0.4, -0.2) is 27.5 Å². The number of carbonyl (C=O) groups excluding carboxylic acids is 1. The van der Waals surface area contributed by atoms with Crippen LogP contribution < -0.4 is 0 Å². The summed E-state index contributed by atoms with van der Waals surface area (Å²) in [6, 6.07) is 16.9. The van der Waals surface area contributed by atoms with E-state index >= 15 is 0 Å². The van der Waals surface area contributed by atoms with Crippen LogP contribution in [0.2, 0.25) is 0 Å². The van der Waals surface area contributed by atoms with Gasteiger partial charge < -0.3 is 4.90 Å². The van der Waals surface area contributed by atoms with Gasteiger partial charge in [-0.1, -0.05) is 74.9 Å². The number of nitrogens with zero attached hydrogens (tertiary/aromatic N) is 2. The zero-order chi connectivity index (χ0) is 19.8. The van der Waals surface area contributed by atoms with Crippen molar-refractivity contribution < 1.29 is 4.79 Å². The maximum Gasteiger partial charge on any atom is 0.273 e. The summed E-state index contributed by atoms with van der Waals surface area (Å²) in [5.41, 5.74) is 7.19. The molecule has 1 amide bonds. The average Bonchev–Trinajstić information content (AvgIpc) is 3.22. The van der Waals surface area contributed by atoms with E-state index in [2.05, 4.69) is 86.4 Å². The van der Waals surface area contributed by atoms with E-state index in [0.29, 0.717) is 11.6 Å². The summed E-state index contributed by atoms with van der Waals surface area (Å²) in [7, 11) is 0. The summed E-state index contributed by atoms with van der Waals surface area (Å²) in [4.78, 5) is 15.2. The molecule has 1 unspecified atom stereocenters. The highest BCUT2D eigenvalue weighted by Crippen LogP contribution is 2.43. The smallest absolute Gasteiger partial charge is 0.273 e. The summed E-state index contributed by atoms with van der Waals surface area (Å²) < 4.78 is 0. The molecular weight excluding hydrogens is 346 g/mol. The highest BCUT2D eigenvalue weighted by Gasteiger charge is 2.42. The van der Waals surface area contributed by atoms with Crippen LogP contribution in [-0.2, 0) is 6.42 Å². The molecule has 0 bridgehead atoms. The molecule has 4 rings (SSSR count). The Kier molecular flexibility index (Phi) is 4.80. The zero-order valence-corrected chi connectivity index (χ0v) is 17.0. The molecule has 0 aliphatic carbocycles. The molecule has 1 aliphatic rings. The fraction of sp³-hybridized carbons (Fsp3) is 0.333. The Bertz CT molecular complexity index is 984. The first-order chi connectivity index (χ1) is 13.5. The molecule has 1 aliphatic heterocycles. The monoisotopic (exact) mass is 373 g/mol. The van der Waals surface area contributed by atoms with Crippen LogP contribution in [0.25, 0.3) is 11.3 Å². The second-order valence-electron chi connectivity index (χ2n) is 8.08. The zero-order valence-electron chi connectivity index (χ0n) is 17.0. The predicted molar refractivity (Wildman–Crippen MR) is 112 cm³/mol. The Morgan fingerprint density at radius 1 is 1.07 bits per heavy atom. The van der Waals surface area contributed by atoms with Gasteiger partial charge in [-0.3, -0.25) is 9.89 Å². The van der Waals surface area contributed by atoms with E-state index in [4.69, 9.17) is 0 Å². The van der Waals surface area contributed by atoms with Gasteiger partial charge in [0.25, 0.3) is 5.91 Å². The van der Waals surface area contributed by atoms with Crippen LogP contribution in [0, 0.1) is 12.8 Å². The third-order valence-corrected chi connectivity index (χ3v) is 5.45. The van der Waals surface area contributed by atoms with Crippen molar-refractivity contribution in [2.75, 3.05) is 6.54 Å². The van der Waals surface area contributed by atoms with E-state index in [9.17, 15) is 4.79 Å². The van der Waals surface area contributed by atoms with Crippen molar-refractivity contribution >= 4 is 5.91 Å². The molecule has 2 heterocycles. The first kappa shape index (κ1) is 18.5. The van der Waals surface area contributed by atoms with Crippen LogP contribution >= 0.6 is 0 Å². The van der Waals surface area contributed by atoms with Gasteiger partial charge >= 0.3 is 0 Å². The molecule has 2 aromatic carbocycles. The Labute approximate surface area is 166 Å². The molecule has 144 valence electrons. The summed E-state index contributed by atoms with van der Waals surface area (Å²) in [6.45, 7) is 9.25. The first-order valence-corrected chi connectivity index (χ1v) is 10.0. The molecular formula is C24H27N3O. The average molecular weight is 374 g/mol. The van der Waals surface area contributed by atoms with E-state index < -0.39 is 0 Å². The topological polar surface area (TPSA) is 49.0 Å². The number of aromatic amines is 1. The molecule has 0 spiro atoms. The predicted octanol–water partition coefficient (Wildman–Crippen LogP) is 5.15. The Morgan fingerprint density at radius 3 is 2.36 bits per heavy atom. The second kappa shape index (κ2) is 7.27. The quantitative estimate of drug-likeness (QED) is 0.672. The number of fused-ring (bicyclic) bond motifs is 1. The van der Waals surface area contributed by atoms with Gasteiger partial charge in [-0.2, -0.15) is 5.10 Å². The molecule has 0 saturated carbocycles. The minimum absolute atomic E-state index is 0.0409. The molecule has 0 radical (unpaired) electrons. The number of aromatic nitrogens is 2. The van der Waals surface area contributed by atoms with Crippen LogP contribution in [0.5, 0.6) is 0 Å². The summed E-state index contributed by atoms with van der Waals surface area (Å²) >= 11 is 0.